The molecule has 5 heteroatoms. The number of aliphatic hydroxyl groups is 1. The van der Waals surface area contributed by atoms with Gasteiger partial charge in [-0.05, 0) is 44.3 Å². The minimum absolute atomic E-state index is 0. The Balaban J connectivity index is 0.00000364. The van der Waals surface area contributed by atoms with Gasteiger partial charge < -0.3 is 9.84 Å². The summed E-state index contributed by atoms with van der Waals surface area (Å²) < 4.78 is 5.77. The highest BCUT2D eigenvalue weighted by Crippen LogP contribution is 2.40. The Bertz CT molecular complexity index is 630. The van der Waals surface area contributed by atoms with Crippen LogP contribution in [0.4, 0.5) is 0 Å². The van der Waals surface area contributed by atoms with Gasteiger partial charge in [-0.3, -0.25) is 4.90 Å². The first-order valence-corrected chi connectivity index (χ1v) is 9.73. The molecule has 0 saturated heterocycles. The fraction of sp³-hybridized carbons (Fsp3) is 0.591. The van der Waals surface area contributed by atoms with Crippen LogP contribution in [0.15, 0.2) is 30.3 Å². The number of rotatable bonds is 7. The van der Waals surface area contributed by atoms with Crippen LogP contribution < -0.4 is 0 Å². The standard InChI is InChI=1S/C22H31NO3.ClH/c1-4-13-20(23(5-2)6-3)26-21(24)22(25,18-14-9-7-10-15-18)19-16-11-8-12-17-19;/h7,9-10,14-15,19-20,25H,5-6,8,11-12,16-17H2,1-3H3;1H. The number of hydrogen-bond acceptors (Lipinski definition) is 4. The van der Waals surface area contributed by atoms with Crippen LogP contribution in [0.1, 0.15) is 58.4 Å². The van der Waals surface area contributed by atoms with E-state index in [4.69, 9.17) is 4.74 Å². The number of halogens is 1. The van der Waals surface area contributed by atoms with Crippen molar-refractivity contribution < 1.29 is 14.6 Å². The Morgan fingerprint density at radius 1 is 1.22 bits per heavy atom. The van der Waals surface area contributed by atoms with E-state index < -0.39 is 17.8 Å². The van der Waals surface area contributed by atoms with Crippen molar-refractivity contribution in [1.29, 1.82) is 0 Å². The van der Waals surface area contributed by atoms with Crippen molar-refractivity contribution in [2.24, 2.45) is 5.92 Å². The molecule has 0 aromatic heterocycles. The Kier molecular flexibility index (Phi) is 9.87. The number of ether oxygens (including phenoxy) is 1. The van der Waals surface area contributed by atoms with Gasteiger partial charge >= 0.3 is 5.97 Å². The predicted molar refractivity (Wildman–Crippen MR) is 110 cm³/mol. The summed E-state index contributed by atoms with van der Waals surface area (Å²) in [5.74, 6) is 5.09. The minimum Gasteiger partial charge on any atom is -0.432 e. The summed E-state index contributed by atoms with van der Waals surface area (Å²) in [5, 5.41) is 11.6. The molecule has 0 amide bonds. The first kappa shape index (κ1) is 23.5. The van der Waals surface area contributed by atoms with Crippen LogP contribution in [0.3, 0.4) is 0 Å². The van der Waals surface area contributed by atoms with Gasteiger partial charge in [0.1, 0.15) is 0 Å². The smallest absolute Gasteiger partial charge is 0.345 e. The van der Waals surface area contributed by atoms with Crippen molar-refractivity contribution in [3.05, 3.63) is 35.9 Å². The molecule has 1 aromatic carbocycles. The van der Waals surface area contributed by atoms with E-state index in [0.29, 0.717) is 5.56 Å². The van der Waals surface area contributed by atoms with Gasteiger partial charge in [0, 0.05) is 5.92 Å². The van der Waals surface area contributed by atoms with E-state index in [1.54, 1.807) is 6.92 Å². The molecule has 1 aliphatic rings. The molecule has 1 aliphatic carbocycles. The molecule has 150 valence electrons. The normalized spacial score (nSPS) is 17.8. The van der Waals surface area contributed by atoms with Crippen molar-refractivity contribution in [2.75, 3.05) is 13.1 Å². The maximum atomic E-state index is 13.2. The van der Waals surface area contributed by atoms with E-state index in [0.717, 1.165) is 45.2 Å². The van der Waals surface area contributed by atoms with Crippen LogP contribution in [0.2, 0.25) is 0 Å². The quantitative estimate of drug-likeness (QED) is 0.430. The number of carbonyl (C=O) groups is 1. The maximum absolute atomic E-state index is 13.2. The predicted octanol–water partition coefficient (Wildman–Crippen LogP) is 4.11. The SMILES string of the molecule is CC#CC(OC(=O)C(O)(c1ccccc1)C1CCCCC1)N(CC)CC.Cl. The van der Waals surface area contributed by atoms with Crippen LogP contribution in [0.5, 0.6) is 0 Å². The molecule has 0 spiro atoms. The molecule has 0 aliphatic heterocycles. The zero-order chi connectivity index (χ0) is 19.0. The molecule has 2 rings (SSSR count). The van der Waals surface area contributed by atoms with Gasteiger partial charge in [-0.2, -0.15) is 0 Å². The number of benzene rings is 1. The van der Waals surface area contributed by atoms with E-state index in [9.17, 15) is 9.90 Å². The van der Waals surface area contributed by atoms with Gasteiger partial charge in [-0.25, -0.2) is 4.79 Å². The van der Waals surface area contributed by atoms with E-state index in [2.05, 4.69) is 11.8 Å². The number of esters is 1. The molecule has 1 fully saturated rings. The molecule has 1 N–H and O–H groups in total. The summed E-state index contributed by atoms with van der Waals surface area (Å²) >= 11 is 0. The highest BCUT2D eigenvalue weighted by atomic mass is 35.5. The van der Waals surface area contributed by atoms with Gasteiger partial charge in [0.25, 0.3) is 0 Å². The first-order chi connectivity index (χ1) is 12.6. The van der Waals surface area contributed by atoms with Crippen molar-refractivity contribution in [3.8, 4) is 11.8 Å². The Labute approximate surface area is 169 Å². The van der Waals surface area contributed by atoms with Crippen LogP contribution in [0, 0.1) is 17.8 Å². The largest absolute Gasteiger partial charge is 0.432 e. The first-order valence-electron chi connectivity index (χ1n) is 9.73. The Morgan fingerprint density at radius 3 is 2.33 bits per heavy atom. The summed E-state index contributed by atoms with van der Waals surface area (Å²) in [7, 11) is 0. The molecule has 0 bridgehead atoms. The van der Waals surface area contributed by atoms with Crippen LogP contribution in [-0.4, -0.2) is 35.3 Å². The molecule has 0 radical (unpaired) electrons. The minimum atomic E-state index is -1.62. The number of hydrogen-bond donors (Lipinski definition) is 1. The summed E-state index contributed by atoms with van der Waals surface area (Å²) in [6.45, 7) is 7.18. The third-order valence-corrected chi connectivity index (χ3v) is 5.35. The third-order valence-electron chi connectivity index (χ3n) is 5.35. The Morgan fingerprint density at radius 2 is 1.81 bits per heavy atom. The lowest BCUT2D eigenvalue weighted by Gasteiger charge is -2.38. The number of nitrogens with zero attached hydrogens (tertiary/aromatic N) is 1. The molecule has 2 atom stereocenters. The van der Waals surface area contributed by atoms with E-state index in [1.807, 2.05) is 49.1 Å². The third kappa shape index (κ3) is 5.48. The van der Waals surface area contributed by atoms with Gasteiger partial charge in [0.05, 0.1) is 0 Å². The second kappa shape index (κ2) is 11.3. The Hall–Kier alpha value is -1.54. The second-order valence-corrected chi connectivity index (χ2v) is 6.84. The van der Waals surface area contributed by atoms with Gasteiger partial charge in [-0.15, -0.1) is 18.3 Å². The van der Waals surface area contributed by atoms with Gasteiger partial charge in [-0.1, -0.05) is 63.4 Å². The van der Waals surface area contributed by atoms with Crippen LogP contribution in [-0.2, 0) is 15.1 Å². The lowest BCUT2D eigenvalue weighted by Crippen LogP contribution is -2.48. The summed E-state index contributed by atoms with van der Waals surface area (Å²) in [5.41, 5.74) is -1.01. The van der Waals surface area contributed by atoms with E-state index in [-0.39, 0.29) is 18.3 Å². The highest BCUT2D eigenvalue weighted by molar-refractivity contribution is 5.85. The lowest BCUT2D eigenvalue weighted by atomic mass is 9.73. The van der Waals surface area contributed by atoms with Gasteiger partial charge in [0.15, 0.2) is 5.60 Å². The monoisotopic (exact) mass is 393 g/mol. The molecule has 2 unspecified atom stereocenters. The fourth-order valence-corrected chi connectivity index (χ4v) is 3.80. The molecule has 27 heavy (non-hydrogen) atoms. The summed E-state index contributed by atoms with van der Waals surface area (Å²) in [6.07, 6.45) is 4.23. The zero-order valence-electron chi connectivity index (χ0n) is 16.6. The topological polar surface area (TPSA) is 49.8 Å². The molecular formula is C22H32ClNO3. The molecular weight excluding hydrogens is 362 g/mol. The average molecular weight is 394 g/mol. The maximum Gasteiger partial charge on any atom is 0.345 e. The zero-order valence-corrected chi connectivity index (χ0v) is 17.4. The lowest BCUT2D eigenvalue weighted by molar-refractivity contribution is -0.185. The van der Waals surface area contributed by atoms with Crippen molar-refractivity contribution in [2.45, 2.75) is 64.7 Å². The second-order valence-electron chi connectivity index (χ2n) is 6.84. The summed E-state index contributed by atoms with van der Waals surface area (Å²) in [4.78, 5) is 15.2. The van der Waals surface area contributed by atoms with Crippen molar-refractivity contribution >= 4 is 18.4 Å². The highest BCUT2D eigenvalue weighted by Gasteiger charge is 2.48. The van der Waals surface area contributed by atoms with E-state index >= 15 is 0 Å². The van der Waals surface area contributed by atoms with E-state index in [1.165, 1.54) is 0 Å². The fourth-order valence-electron chi connectivity index (χ4n) is 3.80. The molecule has 1 saturated carbocycles. The number of carbonyl (C=O) groups excluding carboxylic acids is 1. The molecule has 4 nitrogen and oxygen atoms in total. The average Bonchev–Trinajstić information content (AvgIpc) is 2.69. The van der Waals surface area contributed by atoms with Gasteiger partial charge in [0.2, 0.25) is 6.23 Å². The molecule has 1 aromatic rings. The van der Waals surface area contributed by atoms with Crippen LogP contribution in [0.25, 0.3) is 0 Å². The summed E-state index contributed by atoms with van der Waals surface area (Å²) in [6, 6.07) is 9.22. The van der Waals surface area contributed by atoms with Crippen LogP contribution >= 0.6 is 12.4 Å². The van der Waals surface area contributed by atoms with Crippen molar-refractivity contribution in [1.82, 2.24) is 4.90 Å². The molecule has 0 heterocycles. The van der Waals surface area contributed by atoms with Crippen molar-refractivity contribution in [3.63, 3.8) is 0 Å².